The van der Waals surface area contributed by atoms with Crippen LogP contribution in [-0.4, -0.2) is 53.4 Å². The Labute approximate surface area is 349 Å². The number of likely N-dealkylation sites (N-methyl/N-ethyl adjacent to an activating group) is 1. The summed E-state index contributed by atoms with van der Waals surface area (Å²) < 4.78 is 11.8. The van der Waals surface area contributed by atoms with E-state index in [4.69, 9.17) is 9.98 Å². The first-order chi connectivity index (χ1) is 27.0. The third-order valence-corrected chi connectivity index (χ3v) is 11.7. The number of aromatic nitrogens is 1. The maximum Gasteiger partial charge on any atom is 0.219 e. The van der Waals surface area contributed by atoms with Crippen LogP contribution in [0.4, 0.5) is 4.39 Å². The minimum Gasteiger partial charge on any atom is -0.390 e. The highest BCUT2D eigenvalue weighted by Crippen LogP contribution is 2.49. The molecule has 6 nitrogen and oxygen atoms in total. The number of nitrogens with zero attached hydrogens (tertiary/aromatic N) is 3. The van der Waals surface area contributed by atoms with Crippen LogP contribution in [0.2, 0.25) is 0 Å². The smallest absolute Gasteiger partial charge is 0.219 e. The van der Waals surface area contributed by atoms with Gasteiger partial charge in [-0.3, -0.25) is 9.79 Å². The number of halogens is 1. The SMILES string of the molecule is C#C.C#C.C=C(NC1(C(=C)NC)CC1/C=C\CCCCN(C)C(C)=O)C(C)CCCc1cc(C(C)=N/C(=C\C)C(C)C)nc2c(P)c(CC)ccc12.CC1(F)CC1. The molecule has 0 spiro atoms. The van der Waals surface area contributed by atoms with Gasteiger partial charge in [0.25, 0.3) is 0 Å². The molecular weight excluding hydrogens is 725 g/mol. The highest BCUT2D eigenvalue weighted by molar-refractivity contribution is 7.28. The monoisotopic (exact) mass is 798 g/mol. The number of allylic oxidation sites excluding steroid dienone is 4. The van der Waals surface area contributed by atoms with Crippen molar-refractivity contribution in [3.63, 3.8) is 0 Å². The molecule has 2 aromatic rings. The summed E-state index contributed by atoms with van der Waals surface area (Å²) in [5.41, 5.74) is 7.86. The lowest BCUT2D eigenvalue weighted by Gasteiger charge is -2.27. The van der Waals surface area contributed by atoms with E-state index in [2.05, 4.69) is 137 Å². The summed E-state index contributed by atoms with van der Waals surface area (Å²) in [6.07, 6.45) is 32.5. The van der Waals surface area contributed by atoms with Crippen LogP contribution in [0, 0.1) is 43.4 Å². The summed E-state index contributed by atoms with van der Waals surface area (Å²) in [6, 6.07) is 6.77. The van der Waals surface area contributed by atoms with Crippen molar-refractivity contribution in [1.82, 2.24) is 20.5 Å². The fourth-order valence-corrected chi connectivity index (χ4v) is 7.12. The van der Waals surface area contributed by atoms with Gasteiger partial charge in [0.15, 0.2) is 0 Å². The Bertz CT molecular complexity index is 1770. The van der Waals surface area contributed by atoms with Crippen molar-refractivity contribution in [2.45, 2.75) is 131 Å². The molecule has 4 atom stereocenters. The van der Waals surface area contributed by atoms with E-state index in [1.807, 2.05) is 14.1 Å². The van der Waals surface area contributed by atoms with Crippen LogP contribution in [0.5, 0.6) is 0 Å². The minimum atomic E-state index is -0.750. The largest absolute Gasteiger partial charge is 0.390 e. The topological polar surface area (TPSA) is 69.6 Å². The molecule has 0 aliphatic heterocycles. The number of hydrogen-bond donors (Lipinski definition) is 2. The number of benzene rings is 1. The summed E-state index contributed by atoms with van der Waals surface area (Å²) in [5, 5.41) is 9.56. The van der Waals surface area contributed by atoms with E-state index >= 15 is 0 Å². The number of aliphatic imine (C=N–C) groups is 1. The lowest BCUT2D eigenvalue weighted by Crippen LogP contribution is -2.39. The number of carbonyl (C=O) groups is 1. The zero-order valence-corrected chi connectivity index (χ0v) is 38.1. The van der Waals surface area contributed by atoms with Gasteiger partial charge in [-0.25, -0.2) is 9.37 Å². The second-order valence-electron chi connectivity index (χ2n) is 15.9. The lowest BCUT2D eigenvalue weighted by molar-refractivity contribution is -0.127. The number of rotatable bonds is 19. The molecule has 4 rings (SSSR count). The van der Waals surface area contributed by atoms with E-state index in [1.54, 1.807) is 18.7 Å². The van der Waals surface area contributed by atoms with Gasteiger partial charge in [-0.15, -0.1) is 34.9 Å². The Balaban J connectivity index is 0.00000162. The number of amides is 1. The fourth-order valence-electron chi connectivity index (χ4n) is 6.60. The van der Waals surface area contributed by atoms with Crippen LogP contribution < -0.4 is 15.9 Å². The van der Waals surface area contributed by atoms with Crippen LogP contribution in [0.25, 0.3) is 10.9 Å². The molecule has 0 radical (unpaired) electrons. The third-order valence-electron chi connectivity index (χ3n) is 11.0. The molecule has 1 amide bonds. The number of carbonyl (C=O) groups excluding carboxylic acids is 1. The first-order valence-electron chi connectivity index (χ1n) is 20.5. The van der Waals surface area contributed by atoms with Crippen molar-refractivity contribution in [3.8, 4) is 25.7 Å². The van der Waals surface area contributed by atoms with Gasteiger partial charge in [0.2, 0.25) is 5.91 Å². The van der Waals surface area contributed by atoms with Gasteiger partial charge >= 0.3 is 0 Å². The van der Waals surface area contributed by atoms with Crippen LogP contribution in [0.15, 0.2) is 71.7 Å². The zero-order valence-electron chi connectivity index (χ0n) is 36.9. The van der Waals surface area contributed by atoms with Gasteiger partial charge in [0, 0.05) is 56.0 Å². The maximum absolute atomic E-state index is 11.8. The summed E-state index contributed by atoms with van der Waals surface area (Å²) >= 11 is 0. The number of fused-ring (bicyclic) bond motifs is 1. The number of unbranched alkanes of at least 4 members (excludes halogenated alkanes) is 2. The molecule has 57 heavy (non-hydrogen) atoms. The van der Waals surface area contributed by atoms with Crippen molar-refractivity contribution in [3.05, 3.63) is 83.5 Å². The predicted octanol–water partition coefficient (Wildman–Crippen LogP) is 10.4. The summed E-state index contributed by atoms with van der Waals surface area (Å²) in [6.45, 7) is 25.9. The highest BCUT2D eigenvalue weighted by Gasteiger charge is 2.55. The minimum absolute atomic E-state index is 0.125. The molecule has 1 aromatic carbocycles. The highest BCUT2D eigenvalue weighted by atomic mass is 31.0. The van der Waals surface area contributed by atoms with Crippen molar-refractivity contribution in [2.24, 2.45) is 22.7 Å². The van der Waals surface area contributed by atoms with Crippen LogP contribution in [0.3, 0.4) is 0 Å². The average Bonchev–Trinajstić information content (AvgIpc) is 4.11. The van der Waals surface area contributed by atoms with Crippen LogP contribution in [-0.2, 0) is 17.6 Å². The molecule has 1 heterocycles. The molecule has 2 fully saturated rings. The Hall–Kier alpha value is -4.19. The second kappa shape index (κ2) is 24.6. The van der Waals surface area contributed by atoms with E-state index in [-0.39, 0.29) is 11.4 Å². The van der Waals surface area contributed by atoms with Gasteiger partial charge in [-0.1, -0.05) is 71.2 Å². The summed E-state index contributed by atoms with van der Waals surface area (Å²) in [4.78, 5) is 23.4. The molecule has 1 aromatic heterocycles. The van der Waals surface area contributed by atoms with E-state index in [9.17, 15) is 9.18 Å². The van der Waals surface area contributed by atoms with Crippen LogP contribution in [0.1, 0.15) is 124 Å². The number of alkyl halides is 1. The lowest BCUT2D eigenvalue weighted by atomic mass is 9.95. The summed E-state index contributed by atoms with van der Waals surface area (Å²) in [7, 11) is 6.77. The van der Waals surface area contributed by atoms with Crippen molar-refractivity contribution < 1.29 is 9.18 Å². The van der Waals surface area contributed by atoms with E-state index in [1.165, 1.54) is 21.8 Å². The number of aryl methyl sites for hydroxylation is 2. The Morgan fingerprint density at radius 3 is 2.28 bits per heavy atom. The number of terminal acetylenes is 2. The first-order valence-corrected chi connectivity index (χ1v) is 21.1. The Morgan fingerprint density at radius 1 is 1.12 bits per heavy atom. The quantitative estimate of drug-likeness (QED) is 0.0488. The van der Waals surface area contributed by atoms with Gasteiger partial charge in [-0.05, 0) is 119 Å². The maximum atomic E-state index is 11.8. The van der Waals surface area contributed by atoms with Gasteiger partial charge in [0.05, 0.1) is 22.5 Å². The number of hydrogen-bond acceptors (Lipinski definition) is 5. The normalized spacial score (nSPS) is 18.5. The average molecular weight is 798 g/mol. The Morgan fingerprint density at radius 2 is 1.75 bits per heavy atom. The molecule has 2 saturated carbocycles. The molecule has 8 heteroatoms. The molecule has 2 N–H and O–H groups in total. The molecule has 0 saturated heterocycles. The molecule has 4 unspecified atom stereocenters. The van der Waals surface area contributed by atoms with Crippen molar-refractivity contribution in [1.29, 1.82) is 0 Å². The van der Waals surface area contributed by atoms with Gasteiger partial charge < -0.3 is 15.5 Å². The standard InChI is InChI=1S/C41H62N5OP.C4H7F.2C2H2/c1-12-33-22-23-36-34(25-38(44-39(36)40(33)48)30(7)43-37(13-2)27(3)4)20-18-19-28(5)29(6)45-41(31(8)42-10)26-35(41)21-16-14-15-17-24-46(11)32(9)47;1-4(5)2-3-4;2*1-2/h13,16,21-23,25,27-28,35,42,45H,6,8,12,14-15,17-20,24,26,48H2,1-5,7,9-11H3;2-3H2,1H3;2*1-2H/b21-16-,37-13-,43-30?;;;. The predicted molar refractivity (Wildman–Crippen MR) is 250 cm³/mol. The summed E-state index contributed by atoms with van der Waals surface area (Å²) in [5.74, 6) is 1.19. The van der Waals surface area contributed by atoms with Crippen LogP contribution >= 0.6 is 9.24 Å². The number of pyridine rings is 1. The van der Waals surface area contributed by atoms with E-state index in [0.717, 1.165) is 105 Å². The van der Waals surface area contributed by atoms with Crippen molar-refractivity contribution >= 4 is 37.1 Å². The van der Waals surface area contributed by atoms with Gasteiger partial charge in [-0.2, -0.15) is 0 Å². The molecule has 312 valence electrons. The Kier molecular flexibility index (Phi) is 21.9. The van der Waals surface area contributed by atoms with Crippen molar-refractivity contribution in [2.75, 3.05) is 20.6 Å². The molecule has 2 aliphatic rings. The zero-order chi connectivity index (χ0) is 43.5. The first kappa shape index (κ1) is 50.8. The molecule has 2 aliphatic carbocycles. The second-order valence-corrected chi connectivity index (χ2v) is 16.4. The molecular formula is C49H73FN5OP. The fraction of sp³-hybridized carbons (Fsp3) is 0.531. The third kappa shape index (κ3) is 15.6. The van der Waals surface area contributed by atoms with E-state index in [0.29, 0.717) is 17.8 Å². The number of nitrogens with one attached hydrogen (secondary N) is 2. The molecule has 0 bridgehead atoms. The van der Waals surface area contributed by atoms with E-state index < -0.39 is 5.67 Å². The van der Waals surface area contributed by atoms with Gasteiger partial charge in [0.1, 0.15) is 5.67 Å².